The fourth-order valence-electron chi connectivity index (χ4n) is 3.27. The van der Waals surface area contributed by atoms with E-state index in [2.05, 4.69) is 30.1 Å². The van der Waals surface area contributed by atoms with Crippen molar-refractivity contribution in [1.82, 2.24) is 14.9 Å². The average molecular weight is 370 g/mol. The summed E-state index contributed by atoms with van der Waals surface area (Å²) in [5, 5.41) is 3.33. The van der Waals surface area contributed by atoms with Crippen LogP contribution in [0.25, 0.3) is 0 Å². The summed E-state index contributed by atoms with van der Waals surface area (Å²) in [4.78, 5) is 17.2. The van der Waals surface area contributed by atoms with Gasteiger partial charge < -0.3 is 15.0 Å². The highest BCUT2D eigenvalue weighted by molar-refractivity contribution is 5.99. The molecule has 3 heterocycles. The topological polar surface area (TPSA) is 65.9 Å². The van der Waals surface area contributed by atoms with Gasteiger partial charge in [-0.1, -0.05) is 12.1 Å². The standard InChI is InChI=1S/C19H23FN6O/c20-15-12-22-19(23-13-15)26-10-8-25(9-11-26)7-3-6-21-18-14-27-17-5-2-1-4-16(17)24-18/h1-2,4-5,12-13H,3,6-11,14H2,(H,21,24). The van der Waals surface area contributed by atoms with Crippen molar-refractivity contribution >= 4 is 17.5 Å². The predicted octanol–water partition coefficient (Wildman–Crippen LogP) is 2.03. The van der Waals surface area contributed by atoms with E-state index in [1.165, 1.54) is 12.4 Å². The number of piperazine rings is 1. The first kappa shape index (κ1) is 17.7. The van der Waals surface area contributed by atoms with Crippen LogP contribution >= 0.6 is 0 Å². The van der Waals surface area contributed by atoms with Gasteiger partial charge in [-0.3, -0.25) is 9.89 Å². The van der Waals surface area contributed by atoms with Crippen molar-refractivity contribution in [2.75, 3.05) is 56.1 Å². The first-order valence-electron chi connectivity index (χ1n) is 9.25. The van der Waals surface area contributed by atoms with Crippen molar-refractivity contribution < 1.29 is 9.13 Å². The van der Waals surface area contributed by atoms with Crippen LogP contribution in [0.1, 0.15) is 6.42 Å². The van der Waals surface area contributed by atoms with Gasteiger partial charge in [0.1, 0.15) is 18.2 Å². The van der Waals surface area contributed by atoms with E-state index in [4.69, 9.17) is 4.74 Å². The summed E-state index contributed by atoms with van der Waals surface area (Å²) in [5.41, 5.74) is 0.974. The second kappa shape index (κ2) is 8.30. The Balaban J connectivity index is 1.18. The molecule has 1 fully saturated rings. The fourth-order valence-corrected chi connectivity index (χ4v) is 3.27. The van der Waals surface area contributed by atoms with Crippen molar-refractivity contribution in [2.24, 2.45) is 4.99 Å². The first-order valence-corrected chi connectivity index (χ1v) is 9.25. The van der Waals surface area contributed by atoms with Gasteiger partial charge in [0.05, 0.1) is 18.1 Å². The summed E-state index contributed by atoms with van der Waals surface area (Å²) in [7, 11) is 0. The second-order valence-corrected chi connectivity index (χ2v) is 6.62. The Morgan fingerprint density at radius 3 is 2.70 bits per heavy atom. The van der Waals surface area contributed by atoms with Gasteiger partial charge in [0.2, 0.25) is 5.95 Å². The molecule has 7 nitrogen and oxygen atoms in total. The molecule has 0 atom stereocenters. The zero-order valence-electron chi connectivity index (χ0n) is 15.1. The quantitative estimate of drug-likeness (QED) is 0.813. The SMILES string of the molecule is Fc1cnc(N2CCN(CCCN=C3COc4ccccc4N3)CC2)nc1. The van der Waals surface area contributed by atoms with E-state index in [1.807, 2.05) is 24.3 Å². The number of ether oxygens (including phenoxy) is 1. The zero-order valence-corrected chi connectivity index (χ0v) is 15.1. The van der Waals surface area contributed by atoms with E-state index in [0.29, 0.717) is 12.6 Å². The number of benzene rings is 1. The second-order valence-electron chi connectivity index (χ2n) is 6.62. The number of aliphatic imine (C=N–C) groups is 1. The van der Waals surface area contributed by atoms with Crippen LogP contribution in [0.5, 0.6) is 5.75 Å². The molecule has 1 saturated heterocycles. The van der Waals surface area contributed by atoms with Crippen LogP contribution in [0, 0.1) is 5.82 Å². The number of fused-ring (bicyclic) bond motifs is 1. The summed E-state index contributed by atoms with van der Waals surface area (Å²) in [6.07, 6.45) is 3.43. The molecule has 0 amide bonds. The third kappa shape index (κ3) is 4.51. The summed E-state index contributed by atoms with van der Waals surface area (Å²) < 4.78 is 18.6. The molecule has 2 aliphatic heterocycles. The largest absolute Gasteiger partial charge is 0.484 e. The highest BCUT2D eigenvalue weighted by Gasteiger charge is 2.18. The molecule has 2 aromatic rings. The zero-order chi connectivity index (χ0) is 18.5. The van der Waals surface area contributed by atoms with Gasteiger partial charge in [-0.05, 0) is 18.6 Å². The number of para-hydroxylation sites is 2. The van der Waals surface area contributed by atoms with Crippen LogP contribution in [0.3, 0.4) is 0 Å². The summed E-state index contributed by atoms with van der Waals surface area (Å²) >= 11 is 0. The minimum absolute atomic E-state index is 0.402. The number of halogens is 1. The third-order valence-electron chi connectivity index (χ3n) is 4.73. The molecule has 1 aromatic heterocycles. The summed E-state index contributed by atoms with van der Waals surface area (Å²) in [6, 6.07) is 7.89. The van der Waals surface area contributed by atoms with E-state index in [-0.39, 0.29) is 0 Å². The van der Waals surface area contributed by atoms with Gasteiger partial charge in [-0.2, -0.15) is 0 Å². The molecule has 0 unspecified atom stereocenters. The molecule has 0 saturated carbocycles. The Morgan fingerprint density at radius 2 is 1.89 bits per heavy atom. The predicted molar refractivity (Wildman–Crippen MR) is 103 cm³/mol. The smallest absolute Gasteiger partial charge is 0.225 e. The molecule has 27 heavy (non-hydrogen) atoms. The van der Waals surface area contributed by atoms with Crippen LogP contribution in [-0.2, 0) is 0 Å². The van der Waals surface area contributed by atoms with Crippen molar-refractivity contribution in [3.8, 4) is 5.75 Å². The summed E-state index contributed by atoms with van der Waals surface area (Å²) in [5.74, 6) is 1.96. The number of hydrogen-bond donors (Lipinski definition) is 1. The van der Waals surface area contributed by atoms with Crippen LogP contribution < -0.4 is 15.0 Å². The molecule has 0 spiro atoms. The third-order valence-corrected chi connectivity index (χ3v) is 4.73. The Bertz CT molecular complexity index is 789. The lowest BCUT2D eigenvalue weighted by Crippen LogP contribution is -2.47. The molecule has 4 rings (SSSR count). The Hall–Kier alpha value is -2.74. The van der Waals surface area contributed by atoms with Crippen LogP contribution in [0.4, 0.5) is 16.0 Å². The van der Waals surface area contributed by atoms with Crippen molar-refractivity contribution in [3.63, 3.8) is 0 Å². The van der Waals surface area contributed by atoms with E-state index >= 15 is 0 Å². The minimum atomic E-state index is -0.402. The van der Waals surface area contributed by atoms with E-state index in [1.54, 1.807) is 0 Å². The van der Waals surface area contributed by atoms with Gasteiger partial charge >= 0.3 is 0 Å². The van der Waals surface area contributed by atoms with E-state index in [0.717, 1.165) is 63.0 Å². The van der Waals surface area contributed by atoms with Gasteiger partial charge in [-0.25, -0.2) is 14.4 Å². The molecule has 2 aliphatic rings. The average Bonchev–Trinajstić information content (AvgIpc) is 2.72. The van der Waals surface area contributed by atoms with E-state index < -0.39 is 5.82 Å². The molecule has 1 aromatic carbocycles. The minimum Gasteiger partial charge on any atom is -0.484 e. The molecule has 142 valence electrons. The summed E-state index contributed by atoms with van der Waals surface area (Å²) in [6.45, 7) is 5.88. The number of anilines is 2. The normalized spacial score (nSPS) is 18.7. The number of nitrogens with zero attached hydrogens (tertiary/aromatic N) is 5. The molecular weight excluding hydrogens is 347 g/mol. The first-order chi connectivity index (χ1) is 13.3. The Morgan fingerprint density at radius 1 is 1.11 bits per heavy atom. The van der Waals surface area contributed by atoms with E-state index in [9.17, 15) is 4.39 Å². The lowest BCUT2D eigenvalue weighted by molar-refractivity contribution is 0.255. The van der Waals surface area contributed by atoms with Crippen molar-refractivity contribution in [2.45, 2.75) is 6.42 Å². The number of rotatable bonds is 5. The Kier molecular flexibility index (Phi) is 5.43. The highest BCUT2D eigenvalue weighted by Crippen LogP contribution is 2.26. The van der Waals surface area contributed by atoms with Crippen molar-refractivity contribution in [1.29, 1.82) is 0 Å². The maximum absolute atomic E-state index is 12.9. The van der Waals surface area contributed by atoms with Crippen LogP contribution in [-0.4, -0.2) is 66.6 Å². The van der Waals surface area contributed by atoms with Gasteiger partial charge in [0.15, 0.2) is 5.82 Å². The monoisotopic (exact) mass is 370 g/mol. The molecule has 0 bridgehead atoms. The number of aromatic nitrogens is 2. The molecule has 1 N–H and O–H groups in total. The molecular formula is C19H23FN6O. The Labute approximate surface area is 157 Å². The van der Waals surface area contributed by atoms with Crippen molar-refractivity contribution in [3.05, 3.63) is 42.5 Å². The molecule has 0 radical (unpaired) electrons. The van der Waals surface area contributed by atoms with Crippen LogP contribution in [0.15, 0.2) is 41.7 Å². The molecule has 0 aliphatic carbocycles. The van der Waals surface area contributed by atoms with Gasteiger partial charge in [0.25, 0.3) is 0 Å². The number of nitrogens with one attached hydrogen (secondary N) is 1. The lowest BCUT2D eigenvalue weighted by atomic mass is 10.2. The van der Waals surface area contributed by atoms with Gasteiger partial charge in [-0.15, -0.1) is 0 Å². The number of amidine groups is 1. The maximum Gasteiger partial charge on any atom is 0.225 e. The highest BCUT2D eigenvalue weighted by atomic mass is 19.1. The lowest BCUT2D eigenvalue weighted by Gasteiger charge is -2.34. The molecule has 8 heteroatoms. The van der Waals surface area contributed by atoms with Crippen LogP contribution in [0.2, 0.25) is 0 Å². The fraction of sp³-hybridized carbons (Fsp3) is 0.421. The number of hydrogen-bond acceptors (Lipinski definition) is 6. The maximum atomic E-state index is 12.9. The van der Waals surface area contributed by atoms with Gasteiger partial charge in [0, 0.05) is 39.3 Å².